The Kier molecular flexibility index (Phi) is 4.52. The lowest BCUT2D eigenvalue weighted by Gasteiger charge is -2.20. The molecule has 1 amide bonds. The van der Waals surface area contributed by atoms with E-state index in [1.165, 1.54) is 0 Å². The maximum Gasteiger partial charge on any atom is 0.255 e. The smallest absolute Gasteiger partial charge is 0.255 e. The first-order valence-corrected chi connectivity index (χ1v) is 7.63. The van der Waals surface area contributed by atoms with Crippen LogP contribution in [0.25, 0.3) is 0 Å². The quantitative estimate of drug-likeness (QED) is 0.880. The van der Waals surface area contributed by atoms with Gasteiger partial charge in [-0.15, -0.1) is 0 Å². The van der Waals surface area contributed by atoms with Crippen molar-refractivity contribution in [3.8, 4) is 11.5 Å². The molecule has 0 fully saturated rings. The fraction of sp³-hybridized carbons (Fsp3) is 0.353. The molecular formula is C17H20N2O4. The molecule has 1 unspecified atom stereocenters. The number of aromatic nitrogens is 1. The average Bonchev–Trinajstić information content (AvgIpc) is 3.00. The zero-order chi connectivity index (χ0) is 16.2. The van der Waals surface area contributed by atoms with Crippen molar-refractivity contribution in [2.75, 3.05) is 19.8 Å². The number of nitrogens with zero attached hydrogens (tertiary/aromatic N) is 1. The molecule has 1 aliphatic rings. The van der Waals surface area contributed by atoms with Gasteiger partial charge < -0.3 is 24.5 Å². The second kappa shape index (κ2) is 6.75. The Hall–Kier alpha value is -2.47. The highest BCUT2D eigenvalue weighted by atomic mass is 16.6. The molecule has 0 spiro atoms. The zero-order valence-electron chi connectivity index (χ0n) is 13.0. The Morgan fingerprint density at radius 3 is 2.91 bits per heavy atom. The minimum Gasteiger partial charge on any atom is -0.486 e. The van der Waals surface area contributed by atoms with E-state index in [-0.39, 0.29) is 5.91 Å². The molecule has 2 aromatic rings. The normalized spacial score (nSPS) is 14.3. The summed E-state index contributed by atoms with van der Waals surface area (Å²) in [5, 5.41) is 13.0. The number of ether oxygens (including phenoxy) is 2. The molecule has 6 nitrogen and oxygen atoms in total. The molecule has 0 radical (unpaired) electrons. The van der Waals surface area contributed by atoms with Crippen molar-refractivity contribution in [3.05, 3.63) is 47.8 Å². The molecule has 0 saturated heterocycles. The van der Waals surface area contributed by atoms with Gasteiger partial charge in [-0.25, -0.2) is 0 Å². The number of carbonyl (C=O) groups excluding carboxylic acids is 1. The van der Waals surface area contributed by atoms with Gasteiger partial charge in [0.15, 0.2) is 11.5 Å². The number of aryl methyl sites for hydroxylation is 1. The highest BCUT2D eigenvalue weighted by Crippen LogP contribution is 2.33. The van der Waals surface area contributed by atoms with E-state index in [1.807, 2.05) is 29.9 Å². The predicted molar refractivity (Wildman–Crippen MR) is 84.8 cm³/mol. The molecule has 2 heterocycles. The highest BCUT2D eigenvalue weighted by Gasteiger charge is 2.20. The predicted octanol–water partition coefficient (Wildman–Crippen LogP) is 1.65. The van der Waals surface area contributed by atoms with Crippen LogP contribution in [0.2, 0.25) is 0 Å². The first kappa shape index (κ1) is 15.4. The lowest BCUT2D eigenvalue weighted by molar-refractivity contribution is 0.0930. The van der Waals surface area contributed by atoms with Crippen molar-refractivity contribution in [2.24, 2.45) is 7.05 Å². The van der Waals surface area contributed by atoms with Crippen molar-refractivity contribution in [1.29, 1.82) is 0 Å². The number of hydrogen-bond donors (Lipinski definition) is 2. The van der Waals surface area contributed by atoms with Crippen LogP contribution in [0.3, 0.4) is 0 Å². The number of hydrogen-bond acceptors (Lipinski definition) is 4. The maximum atomic E-state index is 12.3. The van der Waals surface area contributed by atoms with Gasteiger partial charge in [0.1, 0.15) is 13.2 Å². The number of aliphatic hydroxyl groups is 1. The van der Waals surface area contributed by atoms with E-state index in [0.717, 1.165) is 5.69 Å². The van der Waals surface area contributed by atoms with Crippen LogP contribution in [0.1, 0.15) is 28.6 Å². The van der Waals surface area contributed by atoms with Gasteiger partial charge in [0.05, 0.1) is 11.7 Å². The number of aliphatic hydroxyl groups excluding tert-OH is 1. The molecule has 0 aliphatic carbocycles. The van der Waals surface area contributed by atoms with Gasteiger partial charge in [-0.1, -0.05) is 6.07 Å². The van der Waals surface area contributed by atoms with Crippen molar-refractivity contribution in [1.82, 2.24) is 9.88 Å². The van der Waals surface area contributed by atoms with Gasteiger partial charge in [-0.3, -0.25) is 4.79 Å². The summed E-state index contributed by atoms with van der Waals surface area (Å²) in [6.07, 6.45) is 1.71. The molecule has 1 aromatic heterocycles. The lowest BCUT2D eigenvalue weighted by atomic mass is 10.1. The number of rotatable bonds is 5. The highest BCUT2D eigenvalue weighted by molar-refractivity contribution is 5.97. The molecule has 1 atom stereocenters. The number of amides is 1. The van der Waals surface area contributed by atoms with Crippen LogP contribution in [0, 0.1) is 0 Å². The van der Waals surface area contributed by atoms with Gasteiger partial charge >= 0.3 is 0 Å². The third-order valence-electron chi connectivity index (χ3n) is 3.84. The second-order valence-electron chi connectivity index (χ2n) is 5.43. The van der Waals surface area contributed by atoms with Crippen LogP contribution >= 0.6 is 0 Å². The molecule has 6 heteroatoms. The monoisotopic (exact) mass is 316 g/mol. The van der Waals surface area contributed by atoms with Crippen LogP contribution in [0.4, 0.5) is 0 Å². The third-order valence-corrected chi connectivity index (χ3v) is 3.84. The average molecular weight is 316 g/mol. The van der Waals surface area contributed by atoms with E-state index in [2.05, 4.69) is 5.32 Å². The van der Waals surface area contributed by atoms with Crippen molar-refractivity contribution < 1.29 is 19.4 Å². The van der Waals surface area contributed by atoms with E-state index < -0.39 is 6.10 Å². The summed E-state index contributed by atoms with van der Waals surface area (Å²) in [4.78, 5) is 12.3. The van der Waals surface area contributed by atoms with Gasteiger partial charge in [-0.2, -0.15) is 0 Å². The summed E-state index contributed by atoms with van der Waals surface area (Å²) in [6, 6.07) is 9.00. The van der Waals surface area contributed by atoms with Gasteiger partial charge in [0, 0.05) is 25.5 Å². The minimum atomic E-state index is -0.612. The van der Waals surface area contributed by atoms with Gasteiger partial charge in [0.2, 0.25) is 0 Å². The first-order chi connectivity index (χ1) is 11.2. The number of carbonyl (C=O) groups is 1. The van der Waals surface area contributed by atoms with Gasteiger partial charge in [0.25, 0.3) is 5.91 Å². The lowest BCUT2D eigenvalue weighted by Crippen LogP contribution is -2.27. The van der Waals surface area contributed by atoms with Crippen molar-refractivity contribution >= 4 is 5.91 Å². The van der Waals surface area contributed by atoms with Crippen LogP contribution in [0.5, 0.6) is 11.5 Å². The Balaban J connectivity index is 1.59. The Bertz CT molecular complexity index is 696. The summed E-state index contributed by atoms with van der Waals surface area (Å²) in [5.41, 5.74) is 1.28. The third kappa shape index (κ3) is 3.32. The molecule has 0 bridgehead atoms. The molecule has 3 rings (SSSR count). The molecule has 2 N–H and O–H groups in total. The van der Waals surface area contributed by atoms with E-state index >= 15 is 0 Å². The van der Waals surface area contributed by atoms with Crippen LogP contribution < -0.4 is 14.8 Å². The summed E-state index contributed by atoms with van der Waals surface area (Å²) in [5.74, 6) is 0.846. The standard InChI is InChI=1S/C17H20N2O4/c1-19-9-3-5-13(19)14(20)7-8-18-17(21)12-4-2-6-15-16(12)23-11-10-22-15/h2-6,9,14,20H,7-8,10-11H2,1H3,(H,18,21). The largest absolute Gasteiger partial charge is 0.486 e. The second-order valence-corrected chi connectivity index (χ2v) is 5.43. The van der Waals surface area contributed by atoms with Gasteiger partial charge in [-0.05, 0) is 30.7 Å². The van der Waals surface area contributed by atoms with Crippen LogP contribution in [0.15, 0.2) is 36.5 Å². The van der Waals surface area contributed by atoms with Crippen molar-refractivity contribution in [2.45, 2.75) is 12.5 Å². The minimum absolute atomic E-state index is 0.230. The van der Waals surface area contributed by atoms with Crippen LogP contribution in [-0.2, 0) is 7.05 Å². The molecule has 1 aromatic carbocycles. The zero-order valence-corrected chi connectivity index (χ0v) is 13.0. The Morgan fingerprint density at radius 2 is 2.13 bits per heavy atom. The molecule has 0 saturated carbocycles. The summed E-state index contributed by atoms with van der Waals surface area (Å²) in [7, 11) is 1.88. The number of nitrogens with one attached hydrogen (secondary N) is 1. The molecule has 23 heavy (non-hydrogen) atoms. The first-order valence-electron chi connectivity index (χ1n) is 7.63. The summed E-state index contributed by atoms with van der Waals surface area (Å²) in [6.45, 7) is 1.29. The number of benzene rings is 1. The van der Waals surface area contributed by atoms with E-state index in [0.29, 0.717) is 43.2 Å². The Morgan fingerprint density at radius 1 is 1.30 bits per heavy atom. The molecular weight excluding hydrogens is 296 g/mol. The maximum absolute atomic E-state index is 12.3. The topological polar surface area (TPSA) is 72.7 Å². The Labute approximate surface area is 134 Å². The van der Waals surface area contributed by atoms with E-state index in [1.54, 1.807) is 18.2 Å². The summed E-state index contributed by atoms with van der Waals surface area (Å²) >= 11 is 0. The SMILES string of the molecule is Cn1cccc1C(O)CCNC(=O)c1cccc2c1OCCO2. The van der Waals surface area contributed by atoms with E-state index in [9.17, 15) is 9.90 Å². The van der Waals surface area contributed by atoms with E-state index in [4.69, 9.17) is 9.47 Å². The molecule has 122 valence electrons. The summed E-state index contributed by atoms with van der Waals surface area (Å²) < 4.78 is 12.9. The number of fused-ring (bicyclic) bond motifs is 1. The fourth-order valence-electron chi connectivity index (χ4n) is 2.64. The van der Waals surface area contributed by atoms with Crippen molar-refractivity contribution in [3.63, 3.8) is 0 Å². The fourth-order valence-corrected chi connectivity index (χ4v) is 2.64. The molecule has 1 aliphatic heterocycles. The van der Waals surface area contributed by atoms with Crippen LogP contribution in [-0.4, -0.2) is 35.3 Å². The number of para-hydroxylation sites is 1.